The molecule has 0 unspecified atom stereocenters. The number of fused-ring (bicyclic) bond motifs is 7. The summed E-state index contributed by atoms with van der Waals surface area (Å²) in [6, 6.07) is 26.9. The number of benzene rings is 4. The number of nitrogens with two attached hydrogens (primary N) is 2. The van der Waals surface area contributed by atoms with Gasteiger partial charge >= 0.3 is 33.9 Å². The molecule has 0 saturated heterocycles. The molecule has 0 bridgehead atoms. The predicted octanol–water partition coefficient (Wildman–Crippen LogP) is 22.8. The minimum atomic E-state index is -5.88. The Labute approximate surface area is 748 Å². The first-order valence-corrected chi connectivity index (χ1v) is 39.9. The molecule has 45 heteroatoms. The summed E-state index contributed by atoms with van der Waals surface area (Å²) in [6.07, 6.45) is 16.3. The van der Waals surface area contributed by atoms with Gasteiger partial charge in [-0.2, -0.15) is 46.0 Å². The molecule has 0 aliphatic heterocycles. The summed E-state index contributed by atoms with van der Waals surface area (Å²) in [5.41, 5.74) is 10.5. The number of nitrogen functional groups attached to an aromatic ring is 2. The van der Waals surface area contributed by atoms with Crippen LogP contribution >= 0.6 is 81.2 Å². The van der Waals surface area contributed by atoms with Crippen LogP contribution in [0.3, 0.4) is 0 Å². The van der Waals surface area contributed by atoms with E-state index in [-0.39, 0.29) is 52.9 Å². The maximum atomic E-state index is 12.8. The molecule has 13 aromatic heterocycles. The number of rotatable bonds is 9. The minimum Gasteiger partial charge on any atom is -0.449 e. The molecule has 0 radical (unpaired) electrons. The van der Waals surface area contributed by atoms with Gasteiger partial charge in [-0.05, 0) is 147 Å². The van der Waals surface area contributed by atoms with Gasteiger partial charge in [0.05, 0.1) is 94.9 Å². The van der Waals surface area contributed by atoms with Gasteiger partial charge in [0.15, 0.2) is 67.0 Å². The largest absolute Gasteiger partial charge is 0.534 e. The van der Waals surface area contributed by atoms with Crippen LogP contribution in [0.15, 0.2) is 179 Å². The van der Waals surface area contributed by atoms with Gasteiger partial charge < -0.3 is 53.7 Å². The Morgan fingerprint density at radius 2 is 0.857 bits per heavy atom. The number of halogens is 10. The number of anilines is 6. The number of ether oxygens (including phenoxy) is 3. The summed E-state index contributed by atoms with van der Waals surface area (Å²) < 4.78 is 101. The zero-order valence-corrected chi connectivity index (χ0v) is 72.0. The van der Waals surface area contributed by atoms with Crippen molar-refractivity contribution in [2.24, 2.45) is 0 Å². The van der Waals surface area contributed by atoms with E-state index < -0.39 is 56.5 Å². The number of pyridine rings is 3. The molecule has 4 aromatic carbocycles. The van der Waals surface area contributed by atoms with Crippen LogP contribution in [0.4, 0.5) is 61.7 Å². The molecule has 0 atom stereocenters. The van der Waals surface area contributed by atoms with Crippen LogP contribution in [0.25, 0.3) is 111 Å². The number of alkyl halides is 3. The second-order valence-electron chi connectivity index (χ2n) is 28.5. The maximum Gasteiger partial charge on any atom is 0.534 e. The average molecular weight is 1880 g/mol. The molecule has 17 rings (SSSR count). The number of carbonyl (C=O) groups excluding carboxylic acids is 3. The summed E-state index contributed by atoms with van der Waals surface area (Å²) >= 11 is 43.5. The normalized spacial score (nSPS) is 11.4. The number of nitrogens with zero attached hydrogens (tertiary/aromatic N) is 17. The van der Waals surface area contributed by atoms with Gasteiger partial charge in [-0.25, -0.2) is 44.3 Å². The van der Waals surface area contributed by atoms with Gasteiger partial charge in [0.2, 0.25) is 5.76 Å². The Morgan fingerprint density at radius 1 is 0.484 bits per heavy atom. The molecule has 0 spiro atoms. The van der Waals surface area contributed by atoms with Crippen molar-refractivity contribution in [2.75, 3.05) is 22.1 Å². The third-order valence-electron chi connectivity index (χ3n) is 16.2. The Bertz CT molecular complexity index is 7040. The number of aromatic nitrogens is 17. The van der Waals surface area contributed by atoms with E-state index in [9.17, 15) is 36.0 Å². The molecule has 7 N–H and O–H groups in total. The van der Waals surface area contributed by atoms with E-state index in [0.29, 0.717) is 127 Å². The molecule has 0 amide bonds. The number of aromatic amines is 1. The number of nitrogens with one attached hydrogen (secondary N) is 3. The first kappa shape index (κ1) is 95.0. The van der Waals surface area contributed by atoms with Crippen molar-refractivity contribution in [3.63, 3.8) is 0 Å². The van der Waals surface area contributed by atoms with E-state index in [4.69, 9.17) is 125 Å². The molecule has 126 heavy (non-hydrogen) atoms. The molecule has 0 aliphatic carbocycles. The monoisotopic (exact) mass is 1880 g/mol. The second-order valence-corrected chi connectivity index (χ2v) is 32.7. The smallest absolute Gasteiger partial charge is 0.449 e. The zero-order valence-electron chi connectivity index (χ0n) is 65.9. The van der Waals surface area contributed by atoms with E-state index >= 15 is 0 Å². The second kappa shape index (κ2) is 38.9. The van der Waals surface area contributed by atoms with Crippen LogP contribution in [-0.4, -0.2) is 133 Å². The third-order valence-corrected chi connectivity index (χ3v) is 19.2. The van der Waals surface area contributed by atoms with E-state index in [2.05, 4.69) is 85.2 Å². The van der Waals surface area contributed by atoms with Gasteiger partial charge in [-0.1, -0.05) is 102 Å². The Kier molecular flexibility index (Phi) is 29.3. The van der Waals surface area contributed by atoms with E-state index in [1.807, 2.05) is 18.2 Å². The van der Waals surface area contributed by atoms with Crippen molar-refractivity contribution < 1.29 is 67.6 Å². The summed E-state index contributed by atoms with van der Waals surface area (Å²) in [4.78, 5) is 73.7. The number of furan rings is 3. The highest BCUT2D eigenvalue weighted by Crippen LogP contribution is 2.46. The molecule has 654 valence electrons. The fourth-order valence-corrected chi connectivity index (χ4v) is 13.6. The average Bonchev–Trinajstić information content (AvgIpc) is 1.60. The van der Waals surface area contributed by atoms with Crippen molar-refractivity contribution in [1.29, 1.82) is 5.26 Å². The number of H-pyrrole nitrogens is 1. The SMILES string of the molecule is C.C.CC#N.CC(C)(C)OC(=O)n1nc(Cl)c2c(N)ccc(Cl)c21.CC(C)(C)OC(=O)n1nc(Cl)c2c(N)cccc21.CC(C)(C)OC(=O)n1nc(Cl)c2c(Nc3c(-c4ncccn4)oc4cnccc34)ccc(Cl)c21.Clc1ccc(Nc2c(-c3ncccn3)oc3cnccc23)c2c(Cl)[nH]nc12.O=S(=O)(Oc1c(-c2ncccn2)oc2cnccc12)C(F)(F)F. The molecule has 0 fully saturated rings. The molecule has 0 saturated carbocycles. The quantitative estimate of drug-likeness (QED) is 0.0388. The lowest BCUT2D eigenvalue weighted by molar-refractivity contribution is -0.0499. The lowest BCUT2D eigenvalue weighted by atomic mass is 10.2. The number of nitriles is 1. The molecular formula is C81H72Cl7F3N22O12S. The van der Waals surface area contributed by atoms with Gasteiger partial charge in [-0.3, -0.25) is 20.1 Å². The van der Waals surface area contributed by atoms with Crippen LogP contribution in [0.1, 0.15) is 84.1 Å². The van der Waals surface area contributed by atoms with Crippen LogP contribution in [-0.2, 0) is 24.3 Å². The maximum absolute atomic E-state index is 12.8. The standard InChI is InChI=1S/C23H18Cl2N6O3.C18H10Cl2N6O.C12H13Cl2N3O2.C12H14ClN3O2.C12H6F3N3O4S.C2H3N.2CH4/c1-23(2,3)34-22(32)31-18-13(24)5-6-14(16(18)20(25)30-31)29-17-12-7-10-26-11-15(12)33-19(17)21-27-8-4-9-28-21;19-10-2-3-11(13-15(10)25-26-17(13)20)24-14-9-4-7-21-8-12(9)27-16(14)18-22-5-1-6-23-18;1-12(2,3)19-11(18)17-9-6(13)4-5-7(15)8(9)10(14)16-17;1-12(2,3)18-11(17)16-8-6-4-5-7(14)9(8)10(13)15-16;13-12(14,15)23(19,20)22-9-7-2-5-16-6-8(7)21-10(9)11-17-3-1-4-18-11;1-2-3;;/h4-11,29H,1-3H3;1-8,24H,(H,25,26);4-5H,15H2,1-3H3;4-6H,14H2,1-3H3;1-6H;1H3;2*1H4. The lowest BCUT2D eigenvalue weighted by Gasteiger charge is -2.19. The van der Waals surface area contributed by atoms with Gasteiger partial charge in [-0.15, -0.1) is 15.3 Å². The van der Waals surface area contributed by atoms with E-state index in [0.717, 1.165) is 30.5 Å². The molecule has 13 heterocycles. The lowest BCUT2D eigenvalue weighted by Crippen LogP contribution is -2.28. The van der Waals surface area contributed by atoms with Crippen LogP contribution < -0.4 is 26.3 Å². The van der Waals surface area contributed by atoms with Crippen molar-refractivity contribution in [1.82, 2.24) is 84.4 Å². The van der Waals surface area contributed by atoms with Crippen LogP contribution in [0.2, 0.25) is 35.7 Å². The highest BCUT2D eigenvalue weighted by atomic mass is 35.5. The van der Waals surface area contributed by atoms with Crippen molar-refractivity contribution in [3.05, 3.63) is 201 Å². The summed E-state index contributed by atoms with van der Waals surface area (Å²) in [5.74, 6) is 0.647. The van der Waals surface area contributed by atoms with Crippen molar-refractivity contribution >= 4 is 220 Å². The third kappa shape index (κ3) is 21.2. The van der Waals surface area contributed by atoms with E-state index in [1.54, 1.807) is 179 Å². The Hall–Kier alpha value is -13.3. The summed E-state index contributed by atoms with van der Waals surface area (Å²) in [5, 5.41) is 38.7. The van der Waals surface area contributed by atoms with Crippen molar-refractivity contribution in [2.45, 2.75) is 106 Å². The Morgan fingerprint density at radius 3 is 1.32 bits per heavy atom. The molecular weight excluding hydrogens is 1810 g/mol. The van der Waals surface area contributed by atoms with Crippen LogP contribution in [0.5, 0.6) is 5.75 Å². The highest BCUT2D eigenvalue weighted by Gasteiger charge is 2.50. The Balaban J connectivity index is 0.000000165. The number of carbonyl (C=O) groups is 3. The summed E-state index contributed by atoms with van der Waals surface area (Å²) in [6.45, 7) is 17.3. The number of hydrogen-bond donors (Lipinski definition) is 5. The molecule has 17 aromatic rings. The van der Waals surface area contributed by atoms with Crippen LogP contribution in [0, 0.1) is 11.3 Å². The summed E-state index contributed by atoms with van der Waals surface area (Å²) in [7, 11) is -5.88. The fourth-order valence-electron chi connectivity index (χ4n) is 11.4. The topological polar surface area (TPSA) is 460 Å². The van der Waals surface area contributed by atoms with Crippen molar-refractivity contribution in [3.8, 4) is 46.6 Å². The predicted molar refractivity (Wildman–Crippen MR) is 476 cm³/mol. The van der Waals surface area contributed by atoms with Gasteiger partial charge in [0.25, 0.3) is 0 Å². The van der Waals surface area contributed by atoms with Gasteiger partial charge in [0, 0.05) is 84.8 Å². The minimum absolute atomic E-state index is 0. The molecule has 0 aliphatic rings. The number of hydrogen-bond acceptors (Lipinski definition) is 30. The first-order valence-electron chi connectivity index (χ1n) is 35.9. The fraction of sp³-hybridized carbons (Fsp3) is 0.198. The molecule has 34 nitrogen and oxygen atoms in total. The zero-order chi connectivity index (χ0) is 89.7. The van der Waals surface area contributed by atoms with Gasteiger partial charge in [0.1, 0.15) is 38.5 Å². The van der Waals surface area contributed by atoms with E-state index in [1.165, 1.54) is 43.8 Å². The first-order chi connectivity index (χ1) is 58.7. The highest BCUT2D eigenvalue weighted by molar-refractivity contribution is 7.88.